The Hall–Kier alpha value is -2.04. The number of methoxy groups -OCH3 is 1. The lowest BCUT2D eigenvalue weighted by atomic mass is 9.91. The van der Waals surface area contributed by atoms with Crippen LogP contribution in [0.2, 0.25) is 0 Å². The fraction of sp³-hybridized carbons (Fsp3) is 0.467. The predicted molar refractivity (Wildman–Crippen MR) is 73.6 cm³/mol. The van der Waals surface area contributed by atoms with E-state index >= 15 is 0 Å². The Morgan fingerprint density at radius 1 is 1.40 bits per heavy atom. The second-order valence-corrected chi connectivity index (χ2v) is 4.99. The lowest BCUT2D eigenvalue weighted by Crippen LogP contribution is -2.36. The quantitative estimate of drug-likeness (QED) is 0.859. The number of ether oxygens (including phenoxy) is 1. The average Bonchev–Trinajstić information content (AvgIpc) is 2.93. The van der Waals surface area contributed by atoms with Crippen molar-refractivity contribution in [3.63, 3.8) is 0 Å². The van der Waals surface area contributed by atoms with Crippen LogP contribution in [0.25, 0.3) is 0 Å². The minimum atomic E-state index is -0.913. The highest BCUT2D eigenvalue weighted by Crippen LogP contribution is 2.29. The monoisotopic (exact) mass is 277 g/mol. The number of rotatable bonds is 4. The SMILES string of the molecule is COC(=O)C(CC1CCCN1C(=O)O)c1ccccc1. The van der Waals surface area contributed by atoms with E-state index in [0.29, 0.717) is 13.0 Å². The minimum absolute atomic E-state index is 0.114. The van der Waals surface area contributed by atoms with Crippen LogP contribution in [0.4, 0.5) is 4.79 Å². The van der Waals surface area contributed by atoms with Crippen LogP contribution < -0.4 is 0 Å². The molecule has 1 saturated heterocycles. The number of amides is 1. The van der Waals surface area contributed by atoms with Gasteiger partial charge < -0.3 is 14.7 Å². The Bertz CT molecular complexity index is 474. The maximum Gasteiger partial charge on any atom is 0.407 e. The van der Waals surface area contributed by atoms with Gasteiger partial charge in [0.2, 0.25) is 0 Å². The molecule has 0 aromatic heterocycles. The van der Waals surface area contributed by atoms with Crippen LogP contribution in [-0.4, -0.2) is 41.8 Å². The second-order valence-electron chi connectivity index (χ2n) is 4.99. The number of carboxylic acid groups (broad SMARTS) is 1. The average molecular weight is 277 g/mol. The first-order chi connectivity index (χ1) is 9.63. The van der Waals surface area contributed by atoms with Crippen LogP contribution in [0.5, 0.6) is 0 Å². The lowest BCUT2D eigenvalue weighted by molar-refractivity contribution is -0.142. The molecule has 0 spiro atoms. The molecule has 0 radical (unpaired) electrons. The fourth-order valence-corrected chi connectivity index (χ4v) is 2.80. The first-order valence-corrected chi connectivity index (χ1v) is 6.76. The van der Waals surface area contributed by atoms with E-state index in [1.165, 1.54) is 12.0 Å². The highest BCUT2D eigenvalue weighted by Gasteiger charge is 2.33. The summed E-state index contributed by atoms with van der Waals surface area (Å²) in [4.78, 5) is 24.6. The number of esters is 1. The van der Waals surface area contributed by atoms with Crippen molar-refractivity contribution in [2.75, 3.05) is 13.7 Å². The largest absolute Gasteiger partial charge is 0.469 e. The molecule has 5 heteroatoms. The van der Waals surface area contributed by atoms with Gasteiger partial charge in [-0.15, -0.1) is 0 Å². The van der Waals surface area contributed by atoms with Gasteiger partial charge in [-0.3, -0.25) is 4.79 Å². The predicted octanol–water partition coefficient (Wildman–Crippen LogP) is 2.48. The molecular weight excluding hydrogens is 258 g/mol. The molecule has 1 aliphatic heterocycles. The Labute approximate surface area is 118 Å². The lowest BCUT2D eigenvalue weighted by Gasteiger charge is -2.25. The van der Waals surface area contributed by atoms with Crippen LogP contribution in [0.15, 0.2) is 30.3 Å². The number of carbonyl (C=O) groups is 2. The smallest absolute Gasteiger partial charge is 0.407 e. The summed E-state index contributed by atoms with van der Waals surface area (Å²) in [6.45, 7) is 0.544. The van der Waals surface area contributed by atoms with Gasteiger partial charge in [0, 0.05) is 12.6 Å². The van der Waals surface area contributed by atoms with E-state index in [0.717, 1.165) is 18.4 Å². The van der Waals surface area contributed by atoms with Crippen molar-refractivity contribution in [1.29, 1.82) is 0 Å². The molecule has 1 fully saturated rings. The number of carbonyl (C=O) groups excluding carboxylic acids is 1. The van der Waals surface area contributed by atoms with E-state index in [-0.39, 0.29) is 12.0 Å². The molecule has 1 aromatic rings. The first-order valence-electron chi connectivity index (χ1n) is 6.76. The van der Waals surface area contributed by atoms with E-state index in [4.69, 9.17) is 4.74 Å². The summed E-state index contributed by atoms with van der Waals surface area (Å²) < 4.78 is 4.87. The molecule has 1 aromatic carbocycles. The van der Waals surface area contributed by atoms with Gasteiger partial charge >= 0.3 is 12.1 Å². The molecule has 2 rings (SSSR count). The van der Waals surface area contributed by atoms with Crippen LogP contribution in [0.1, 0.15) is 30.7 Å². The molecule has 0 aliphatic carbocycles. The molecule has 0 saturated carbocycles. The van der Waals surface area contributed by atoms with Crippen LogP contribution in [0.3, 0.4) is 0 Å². The third-order valence-corrected chi connectivity index (χ3v) is 3.82. The van der Waals surface area contributed by atoms with E-state index in [2.05, 4.69) is 0 Å². The maximum absolute atomic E-state index is 12.0. The number of benzene rings is 1. The van der Waals surface area contributed by atoms with Gasteiger partial charge in [-0.2, -0.15) is 0 Å². The van der Waals surface area contributed by atoms with Gasteiger partial charge in [0.15, 0.2) is 0 Å². The van der Waals surface area contributed by atoms with Crippen molar-refractivity contribution in [3.05, 3.63) is 35.9 Å². The summed E-state index contributed by atoms with van der Waals surface area (Å²) in [5.41, 5.74) is 0.872. The van der Waals surface area contributed by atoms with E-state index in [9.17, 15) is 14.7 Å². The van der Waals surface area contributed by atoms with Crippen molar-refractivity contribution in [2.24, 2.45) is 0 Å². The van der Waals surface area contributed by atoms with Crippen LogP contribution in [-0.2, 0) is 9.53 Å². The molecule has 1 heterocycles. The van der Waals surface area contributed by atoms with Crippen molar-refractivity contribution >= 4 is 12.1 Å². The minimum Gasteiger partial charge on any atom is -0.469 e. The van der Waals surface area contributed by atoms with Crippen LogP contribution in [0, 0.1) is 0 Å². The molecule has 2 atom stereocenters. The van der Waals surface area contributed by atoms with Crippen molar-refractivity contribution < 1.29 is 19.4 Å². The fourth-order valence-electron chi connectivity index (χ4n) is 2.80. The second kappa shape index (κ2) is 6.41. The standard InChI is InChI=1S/C15H19NO4/c1-20-14(17)13(11-6-3-2-4-7-11)10-12-8-5-9-16(12)15(18)19/h2-4,6-7,12-13H,5,8-10H2,1H3,(H,18,19). The molecule has 108 valence electrons. The van der Waals surface area contributed by atoms with Gasteiger partial charge in [-0.25, -0.2) is 4.79 Å². The van der Waals surface area contributed by atoms with E-state index in [1.807, 2.05) is 30.3 Å². The summed E-state index contributed by atoms with van der Waals surface area (Å²) in [5, 5.41) is 9.17. The first kappa shape index (κ1) is 14.4. The molecule has 1 amide bonds. The number of likely N-dealkylation sites (tertiary alicyclic amines) is 1. The summed E-state index contributed by atoms with van der Waals surface area (Å²) in [5.74, 6) is -0.723. The summed E-state index contributed by atoms with van der Waals surface area (Å²) >= 11 is 0. The number of hydrogen-bond acceptors (Lipinski definition) is 3. The maximum atomic E-state index is 12.0. The zero-order chi connectivity index (χ0) is 14.5. The van der Waals surface area contributed by atoms with Crippen molar-refractivity contribution in [3.8, 4) is 0 Å². The molecule has 5 nitrogen and oxygen atoms in total. The number of nitrogens with zero attached hydrogens (tertiary/aromatic N) is 1. The summed E-state index contributed by atoms with van der Waals surface area (Å²) in [6.07, 6.45) is 1.21. The Balaban J connectivity index is 2.16. The molecule has 1 N–H and O–H groups in total. The molecular formula is C15H19NO4. The third kappa shape index (κ3) is 3.10. The number of hydrogen-bond donors (Lipinski definition) is 1. The van der Waals surface area contributed by atoms with Gasteiger partial charge in [0.25, 0.3) is 0 Å². The zero-order valence-corrected chi connectivity index (χ0v) is 11.5. The van der Waals surface area contributed by atoms with Crippen LogP contribution >= 0.6 is 0 Å². The highest BCUT2D eigenvalue weighted by atomic mass is 16.5. The topological polar surface area (TPSA) is 66.8 Å². The van der Waals surface area contributed by atoms with Gasteiger partial charge in [0.05, 0.1) is 13.0 Å². The Kier molecular flexibility index (Phi) is 4.61. The molecule has 0 bridgehead atoms. The van der Waals surface area contributed by atoms with Crippen molar-refractivity contribution in [2.45, 2.75) is 31.2 Å². The van der Waals surface area contributed by atoms with Gasteiger partial charge in [-0.1, -0.05) is 30.3 Å². The van der Waals surface area contributed by atoms with Crippen molar-refractivity contribution in [1.82, 2.24) is 4.90 Å². The Morgan fingerprint density at radius 3 is 2.70 bits per heavy atom. The molecule has 20 heavy (non-hydrogen) atoms. The summed E-state index contributed by atoms with van der Waals surface area (Å²) in [7, 11) is 1.36. The van der Waals surface area contributed by atoms with E-state index < -0.39 is 12.0 Å². The van der Waals surface area contributed by atoms with Gasteiger partial charge in [-0.05, 0) is 24.8 Å². The Morgan fingerprint density at radius 2 is 2.10 bits per heavy atom. The zero-order valence-electron chi connectivity index (χ0n) is 11.5. The third-order valence-electron chi connectivity index (χ3n) is 3.82. The molecule has 2 unspecified atom stereocenters. The normalized spacial score (nSPS) is 19.6. The van der Waals surface area contributed by atoms with Gasteiger partial charge in [0.1, 0.15) is 0 Å². The summed E-state index contributed by atoms with van der Waals surface area (Å²) in [6, 6.07) is 9.26. The van der Waals surface area contributed by atoms with E-state index in [1.54, 1.807) is 0 Å². The molecule has 1 aliphatic rings. The highest BCUT2D eigenvalue weighted by molar-refractivity contribution is 5.78.